The number of carbonyl (C=O) groups is 1. The molecule has 12 heavy (non-hydrogen) atoms. The minimum Gasteiger partial charge on any atom is -0.430 e. The van der Waals surface area contributed by atoms with Gasteiger partial charge in [-0.2, -0.15) is 0 Å². The third-order valence-electron chi connectivity index (χ3n) is 1.08. The summed E-state index contributed by atoms with van der Waals surface area (Å²) in [5.41, 5.74) is 0.704. The highest BCUT2D eigenvalue weighted by atomic mass is 31.2. The third-order valence-corrected chi connectivity index (χ3v) is 1.90. The summed E-state index contributed by atoms with van der Waals surface area (Å²) in [6, 6.07) is 0. The Morgan fingerprint density at radius 2 is 1.92 bits per heavy atom. The van der Waals surface area contributed by atoms with E-state index in [1.807, 2.05) is 0 Å². The molecule has 0 unspecified atom stereocenters. The van der Waals surface area contributed by atoms with Gasteiger partial charge in [-0.3, -0.25) is 4.57 Å². The monoisotopic (exact) mass is 194 g/mol. The summed E-state index contributed by atoms with van der Waals surface area (Å²) in [5.74, 6) is -0.199. The first-order valence-corrected chi connectivity index (χ1v) is 5.09. The summed E-state index contributed by atoms with van der Waals surface area (Å²) in [5, 5.41) is 0. The predicted molar refractivity (Wildman–Crippen MR) is 42.4 cm³/mol. The van der Waals surface area contributed by atoms with Gasteiger partial charge in [0.25, 0.3) is 0 Å². The lowest BCUT2D eigenvalue weighted by Gasteiger charge is -2.05. The second-order valence-corrected chi connectivity index (χ2v) is 4.15. The molecule has 1 aliphatic heterocycles. The predicted octanol–water partition coefficient (Wildman–Crippen LogP) is 0.631. The van der Waals surface area contributed by atoms with E-state index in [1.165, 1.54) is 13.2 Å². The first-order valence-electron chi connectivity index (χ1n) is 3.29. The number of hydrogen-bond acceptors (Lipinski definition) is 3. The van der Waals surface area contributed by atoms with Crippen molar-refractivity contribution in [2.75, 3.05) is 6.16 Å². The molecule has 0 aromatic carbocycles. The fourth-order valence-corrected chi connectivity index (χ4v) is 0.225. The summed E-state index contributed by atoms with van der Waals surface area (Å²) in [7, 11) is -3.65. The number of esters is 1. The third kappa shape index (κ3) is 5.07. The lowest BCUT2D eigenvalue weighted by molar-refractivity contribution is -0.138. The van der Waals surface area contributed by atoms with Crippen LogP contribution in [-0.4, -0.2) is 21.9 Å². The van der Waals surface area contributed by atoms with Gasteiger partial charge >= 0.3 is 13.6 Å². The van der Waals surface area contributed by atoms with E-state index in [2.05, 4.69) is 4.74 Å². The highest BCUT2D eigenvalue weighted by molar-refractivity contribution is 7.51. The molecule has 5 nitrogen and oxygen atoms in total. The first-order chi connectivity index (χ1) is 5.37. The van der Waals surface area contributed by atoms with Crippen LogP contribution in [0.2, 0.25) is 0 Å². The van der Waals surface area contributed by atoms with E-state index in [9.17, 15) is 9.36 Å². The van der Waals surface area contributed by atoms with Crippen LogP contribution in [0.5, 0.6) is 0 Å². The highest BCUT2D eigenvalue weighted by Crippen LogP contribution is 2.32. The van der Waals surface area contributed by atoms with Gasteiger partial charge < -0.3 is 14.5 Å². The molecule has 0 saturated carbocycles. The van der Waals surface area contributed by atoms with E-state index in [4.69, 9.17) is 9.79 Å². The van der Waals surface area contributed by atoms with Crippen LogP contribution in [0.4, 0.5) is 0 Å². The van der Waals surface area contributed by atoms with Gasteiger partial charge in [-0.05, 0) is 6.92 Å². The zero-order valence-corrected chi connectivity index (χ0v) is 7.75. The van der Waals surface area contributed by atoms with E-state index in [1.54, 1.807) is 6.92 Å². The second-order valence-electron chi connectivity index (χ2n) is 2.19. The molecule has 1 aliphatic rings. The Labute approximate surface area is 70.2 Å². The quantitative estimate of drug-likeness (QED) is 0.472. The highest BCUT2D eigenvalue weighted by Gasteiger charge is 2.12. The summed E-state index contributed by atoms with van der Waals surface area (Å²) >= 11 is 0. The molecule has 0 fully saturated rings. The summed E-state index contributed by atoms with van der Waals surface area (Å²) in [6.07, 6.45) is 1.37. The molecule has 1 heterocycles. The molecular weight excluding hydrogens is 183 g/mol. The van der Waals surface area contributed by atoms with Crippen molar-refractivity contribution in [1.29, 1.82) is 0 Å². The lowest BCUT2D eigenvalue weighted by Crippen LogP contribution is -2.10. The van der Waals surface area contributed by atoms with Gasteiger partial charge in [0.05, 0.1) is 5.57 Å². The standard InChI is InChI=1S/C4H4O2.C2H7O3P/c1-3-2-6-4(3)5;1-2-6(3,4)5/h2H,1H3;2H2,1H3,(H2,3,4,5). The van der Waals surface area contributed by atoms with Crippen molar-refractivity contribution in [2.24, 2.45) is 0 Å². The summed E-state index contributed by atoms with van der Waals surface area (Å²) in [6.45, 7) is 3.16. The van der Waals surface area contributed by atoms with Crippen LogP contribution in [0, 0.1) is 0 Å². The maximum Gasteiger partial charge on any atom is 0.341 e. The molecule has 0 bridgehead atoms. The Morgan fingerprint density at radius 3 is 1.92 bits per heavy atom. The van der Waals surface area contributed by atoms with Crippen molar-refractivity contribution in [3.05, 3.63) is 11.8 Å². The smallest absolute Gasteiger partial charge is 0.341 e. The zero-order valence-electron chi connectivity index (χ0n) is 6.85. The van der Waals surface area contributed by atoms with Gasteiger partial charge in [0.2, 0.25) is 0 Å². The van der Waals surface area contributed by atoms with Gasteiger partial charge in [0.15, 0.2) is 0 Å². The Bertz CT molecular complexity index is 238. The van der Waals surface area contributed by atoms with Gasteiger partial charge in [0, 0.05) is 6.16 Å². The van der Waals surface area contributed by atoms with Crippen LogP contribution < -0.4 is 0 Å². The van der Waals surface area contributed by atoms with Crippen LogP contribution in [0.1, 0.15) is 13.8 Å². The first kappa shape index (κ1) is 11.4. The molecule has 0 atom stereocenters. The van der Waals surface area contributed by atoms with E-state index >= 15 is 0 Å². The lowest BCUT2D eigenvalue weighted by atomic mass is 10.3. The van der Waals surface area contributed by atoms with Crippen molar-refractivity contribution >= 4 is 13.6 Å². The Kier molecular flexibility index (Phi) is 4.17. The largest absolute Gasteiger partial charge is 0.430 e. The van der Waals surface area contributed by atoms with Crippen molar-refractivity contribution in [3.63, 3.8) is 0 Å². The van der Waals surface area contributed by atoms with E-state index < -0.39 is 7.60 Å². The average molecular weight is 194 g/mol. The van der Waals surface area contributed by atoms with Crippen LogP contribution in [0.15, 0.2) is 11.8 Å². The fourth-order valence-electron chi connectivity index (χ4n) is 0.225. The van der Waals surface area contributed by atoms with E-state index in [-0.39, 0.29) is 12.1 Å². The molecule has 0 radical (unpaired) electrons. The number of cyclic esters (lactones) is 1. The van der Waals surface area contributed by atoms with Crippen LogP contribution in [0.25, 0.3) is 0 Å². The summed E-state index contributed by atoms with van der Waals surface area (Å²) < 4.78 is 13.9. The van der Waals surface area contributed by atoms with Crippen molar-refractivity contribution < 1.29 is 23.9 Å². The molecule has 1 rings (SSSR count). The maximum atomic E-state index is 9.94. The minimum absolute atomic E-state index is 0.0625. The maximum absolute atomic E-state index is 9.94. The Balaban J connectivity index is 0.000000202. The molecule has 0 aromatic heterocycles. The molecular formula is C6H11O5P. The van der Waals surface area contributed by atoms with Crippen LogP contribution in [-0.2, 0) is 14.1 Å². The Morgan fingerprint density at radius 1 is 1.58 bits per heavy atom. The molecule has 2 N–H and O–H groups in total. The number of ether oxygens (including phenoxy) is 1. The number of carbonyl (C=O) groups excluding carboxylic acids is 1. The van der Waals surface area contributed by atoms with E-state index in [0.29, 0.717) is 5.57 Å². The molecule has 6 heteroatoms. The van der Waals surface area contributed by atoms with Gasteiger partial charge in [-0.25, -0.2) is 4.79 Å². The van der Waals surface area contributed by atoms with Gasteiger partial charge in [-0.1, -0.05) is 6.92 Å². The van der Waals surface area contributed by atoms with Gasteiger partial charge in [0.1, 0.15) is 6.26 Å². The molecule has 0 amide bonds. The summed E-state index contributed by atoms with van der Waals surface area (Å²) in [4.78, 5) is 25.8. The normalized spacial score (nSPS) is 15.0. The Hall–Kier alpha value is -0.640. The van der Waals surface area contributed by atoms with Crippen LogP contribution in [0.3, 0.4) is 0 Å². The molecule has 0 aliphatic carbocycles. The van der Waals surface area contributed by atoms with Crippen LogP contribution >= 0.6 is 7.60 Å². The van der Waals surface area contributed by atoms with Crippen molar-refractivity contribution in [1.82, 2.24) is 0 Å². The van der Waals surface area contributed by atoms with E-state index in [0.717, 1.165) is 0 Å². The number of hydrogen-bond donors (Lipinski definition) is 2. The molecule has 70 valence electrons. The van der Waals surface area contributed by atoms with Crippen molar-refractivity contribution in [3.8, 4) is 0 Å². The van der Waals surface area contributed by atoms with Gasteiger partial charge in [-0.15, -0.1) is 0 Å². The molecule has 0 spiro atoms. The zero-order chi connectivity index (χ0) is 9.78. The molecule has 0 aromatic rings. The minimum atomic E-state index is -3.65. The molecule has 0 saturated heterocycles. The fraction of sp³-hybridized carbons (Fsp3) is 0.500. The number of rotatable bonds is 1. The SMILES string of the molecule is CC1=COC1=O.CCP(=O)(O)O. The average Bonchev–Trinajstić information content (AvgIpc) is 2.01. The topological polar surface area (TPSA) is 83.8 Å². The second kappa shape index (κ2) is 4.40. The van der Waals surface area contributed by atoms with Crippen molar-refractivity contribution in [2.45, 2.75) is 13.8 Å².